The maximum absolute atomic E-state index is 14.1. The van der Waals surface area contributed by atoms with E-state index in [1.165, 1.54) is 7.11 Å². The minimum atomic E-state index is -1.20. The van der Waals surface area contributed by atoms with Crippen molar-refractivity contribution in [3.8, 4) is 22.4 Å². The van der Waals surface area contributed by atoms with Gasteiger partial charge in [0.15, 0.2) is 0 Å². The second-order valence-corrected chi connectivity index (χ2v) is 17.1. The molecule has 1 aliphatic carbocycles. The monoisotopic (exact) mass is 816 g/mol. The fraction of sp³-hybridized carbons (Fsp3) is 0.467. The average molecular weight is 817 g/mol. The molecule has 3 aliphatic heterocycles. The van der Waals surface area contributed by atoms with Crippen LogP contribution >= 0.6 is 0 Å². The number of nitrogens with zero attached hydrogens (tertiary/aromatic N) is 4. The Hall–Kier alpha value is -5.96. The van der Waals surface area contributed by atoms with Crippen LogP contribution in [-0.4, -0.2) is 104 Å². The van der Waals surface area contributed by atoms with Crippen LogP contribution in [0.2, 0.25) is 0 Å². The molecule has 3 aromatic carbocycles. The van der Waals surface area contributed by atoms with Crippen molar-refractivity contribution in [3.05, 3.63) is 72.4 Å². The van der Waals surface area contributed by atoms with Crippen LogP contribution in [0, 0.1) is 17.8 Å². The summed E-state index contributed by atoms with van der Waals surface area (Å²) in [6.45, 7) is 5.44. The molecule has 314 valence electrons. The van der Waals surface area contributed by atoms with Crippen LogP contribution < -0.4 is 10.6 Å². The molecule has 5 aromatic rings. The lowest BCUT2D eigenvalue weighted by molar-refractivity contribution is -0.139. The van der Waals surface area contributed by atoms with Gasteiger partial charge in [0.25, 0.3) is 0 Å². The van der Waals surface area contributed by atoms with Crippen molar-refractivity contribution in [3.63, 3.8) is 0 Å². The fourth-order valence-electron chi connectivity index (χ4n) is 10.2. The Morgan fingerprint density at radius 1 is 0.883 bits per heavy atom. The van der Waals surface area contributed by atoms with Gasteiger partial charge in [-0.05, 0) is 96.9 Å². The van der Waals surface area contributed by atoms with Crippen LogP contribution in [0.3, 0.4) is 0 Å². The molecule has 9 rings (SSSR count). The third-order valence-electron chi connectivity index (χ3n) is 13.3. The van der Waals surface area contributed by atoms with E-state index in [-0.39, 0.29) is 41.8 Å². The molecule has 6 atom stereocenters. The van der Waals surface area contributed by atoms with Gasteiger partial charge >= 0.3 is 12.2 Å². The molecule has 3 saturated heterocycles. The van der Waals surface area contributed by atoms with E-state index in [4.69, 9.17) is 19.4 Å². The molecule has 5 heterocycles. The van der Waals surface area contributed by atoms with E-state index >= 15 is 0 Å². The maximum Gasteiger partial charge on any atom is 0.407 e. The van der Waals surface area contributed by atoms with Crippen molar-refractivity contribution in [2.75, 3.05) is 26.9 Å². The van der Waals surface area contributed by atoms with Crippen molar-refractivity contribution in [1.29, 1.82) is 0 Å². The number of benzene rings is 3. The van der Waals surface area contributed by atoms with E-state index in [1.54, 1.807) is 11.1 Å². The van der Waals surface area contributed by atoms with E-state index in [1.807, 2.05) is 24.8 Å². The predicted octanol–water partition coefficient (Wildman–Crippen LogP) is 6.93. The van der Waals surface area contributed by atoms with E-state index in [0.29, 0.717) is 44.3 Å². The normalized spacial score (nSPS) is 22.7. The molecule has 4 amide bonds. The first kappa shape index (κ1) is 39.5. The summed E-state index contributed by atoms with van der Waals surface area (Å²) in [6.07, 6.45) is 5.70. The minimum Gasteiger partial charge on any atom is -0.465 e. The van der Waals surface area contributed by atoms with Crippen molar-refractivity contribution in [1.82, 2.24) is 40.4 Å². The summed E-state index contributed by atoms with van der Waals surface area (Å²) in [4.78, 5) is 72.4. The highest BCUT2D eigenvalue weighted by atomic mass is 16.5. The summed E-state index contributed by atoms with van der Waals surface area (Å²) < 4.78 is 10.3. The first-order valence-corrected chi connectivity index (χ1v) is 21.2. The first-order valence-electron chi connectivity index (χ1n) is 21.2. The van der Waals surface area contributed by atoms with E-state index in [9.17, 15) is 24.3 Å². The number of fused-ring (bicyclic) bond motifs is 5. The van der Waals surface area contributed by atoms with Crippen LogP contribution in [0.25, 0.3) is 44.2 Å². The predicted molar refractivity (Wildman–Crippen MR) is 224 cm³/mol. The number of ether oxygens (including phenoxy) is 2. The van der Waals surface area contributed by atoms with Gasteiger partial charge in [-0.15, -0.1) is 0 Å². The van der Waals surface area contributed by atoms with Crippen LogP contribution in [0.5, 0.6) is 0 Å². The Balaban J connectivity index is 0.921. The Kier molecular flexibility index (Phi) is 10.7. The molecule has 0 unspecified atom stereocenters. The number of carbonyl (C=O) groups is 4. The number of H-pyrrole nitrogens is 2. The second-order valence-electron chi connectivity index (χ2n) is 17.1. The Morgan fingerprint density at radius 3 is 2.40 bits per heavy atom. The van der Waals surface area contributed by atoms with Crippen LogP contribution in [-0.2, 0) is 19.1 Å². The molecule has 4 fully saturated rings. The molecule has 1 saturated carbocycles. The number of hydrogen-bond acceptors (Lipinski definition) is 8. The van der Waals surface area contributed by atoms with Gasteiger partial charge < -0.3 is 45.0 Å². The number of aromatic amines is 2. The quantitative estimate of drug-likeness (QED) is 0.0993. The van der Waals surface area contributed by atoms with Crippen molar-refractivity contribution in [2.45, 2.75) is 89.0 Å². The molecule has 2 bridgehead atoms. The van der Waals surface area contributed by atoms with Crippen molar-refractivity contribution < 1.29 is 33.8 Å². The molecule has 60 heavy (non-hydrogen) atoms. The summed E-state index contributed by atoms with van der Waals surface area (Å²) in [5, 5.41) is 16.9. The summed E-state index contributed by atoms with van der Waals surface area (Å²) in [5.74, 6) is 1.24. The number of carbonyl (C=O) groups excluding carboxylic acids is 3. The molecule has 5 N–H and O–H groups in total. The van der Waals surface area contributed by atoms with Gasteiger partial charge in [0.1, 0.15) is 23.7 Å². The Labute approximate surface area is 347 Å². The van der Waals surface area contributed by atoms with Crippen LogP contribution in [0.1, 0.15) is 82.5 Å². The number of aromatic nitrogens is 4. The number of nitrogens with one attached hydrogen (secondary N) is 4. The van der Waals surface area contributed by atoms with Gasteiger partial charge in [-0.3, -0.25) is 9.59 Å². The summed E-state index contributed by atoms with van der Waals surface area (Å²) in [5.41, 5.74) is 5.70. The van der Waals surface area contributed by atoms with Gasteiger partial charge in [0.2, 0.25) is 11.8 Å². The van der Waals surface area contributed by atoms with Gasteiger partial charge in [0.05, 0.1) is 42.1 Å². The fourth-order valence-corrected chi connectivity index (χ4v) is 10.2. The molecule has 0 radical (unpaired) electrons. The number of methoxy groups -OCH3 is 1. The minimum absolute atomic E-state index is 0.0967. The van der Waals surface area contributed by atoms with Crippen LogP contribution in [0.15, 0.2) is 60.8 Å². The molecule has 4 aliphatic rings. The SMILES string of the molecule is COC(=O)N[C@H](C(=O)N1[C@@H]2CC[C@@H](C2)[C@H]1c1nc2ccc3cc(-c4ccc(-c5cnc([C@@H]6CCCN6C(=O)[C@@H](NC(=O)O)C6CCOCC6)[nH]5)cc4)ccc3c2[nH]1)C(C)C. The number of carboxylic acid groups (broad SMARTS) is 1. The van der Waals surface area contributed by atoms with E-state index < -0.39 is 24.3 Å². The molecular weight excluding hydrogens is 765 g/mol. The maximum atomic E-state index is 14.1. The third kappa shape index (κ3) is 7.33. The van der Waals surface area contributed by atoms with Crippen molar-refractivity contribution in [2.24, 2.45) is 17.8 Å². The number of rotatable bonds is 10. The van der Waals surface area contributed by atoms with Crippen LogP contribution in [0.4, 0.5) is 9.59 Å². The highest BCUT2D eigenvalue weighted by Gasteiger charge is 2.51. The highest BCUT2D eigenvalue weighted by molar-refractivity contribution is 6.05. The van der Waals surface area contributed by atoms with Gasteiger partial charge in [-0.1, -0.05) is 56.3 Å². The summed E-state index contributed by atoms with van der Waals surface area (Å²) >= 11 is 0. The van der Waals surface area contributed by atoms with Crippen molar-refractivity contribution >= 4 is 45.8 Å². The molecule has 2 aromatic heterocycles. The number of alkyl carbamates (subject to hydrolysis) is 1. The first-order chi connectivity index (χ1) is 29.1. The number of piperidine rings is 1. The van der Waals surface area contributed by atoms with Gasteiger partial charge in [-0.2, -0.15) is 0 Å². The number of likely N-dealkylation sites (tertiary alicyclic amines) is 2. The number of imidazole rings is 2. The topological polar surface area (TPSA) is 195 Å². The molecular formula is C45H52N8O7. The standard InChI is InChI=1S/C45H52N8O7/c1-24(2)36(51-45(58)59-3)43(55)53-31-13-10-30(22-31)39(53)41-47-33-15-12-29-21-28(11-14-32(29)38(33)49-41)25-6-8-26(9-7-25)34-23-46-40(48-34)35-5-4-18-52(35)42(54)37(50-44(56)57)27-16-19-60-20-17-27/h6-9,11-12,14-15,21,23-24,27,30-31,35-37,39,50H,4-5,10,13,16-20,22H2,1-3H3,(H,46,48)(H,47,49)(H,51,58)(H,56,57)/t30-,31+,35-,36-,37-,39-/m0/s1. The van der Waals surface area contributed by atoms with Gasteiger partial charge in [-0.25, -0.2) is 19.6 Å². The smallest absolute Gasteiger partial charge is 0.407 e. The number of hydrogen-bond donors (Lipinski definition) is 5. The second kappa shape index (κ2) is 16.2. The molecule has 0 spiro atoms. The highest BCUT2D eigenvalue weighted by Crippen LogP contribution is 2.50. The van der Waals surface area contributed by atoms with E-state index in [0.717, 1.165) is 82.1 Å². The largest absolute Gasteiger partial charge is 0.465 e. The Bertz CT molecular complexity index is 2420. The lowest BCUT2D eigenvalue weighted by Gasteiger charge is -2.37. The zero-order chi connectivity index (χ0) is 41.7. The van der Waals surface area contributed by atoms with E-state index in [2.05, 4.69) is 69.1 Å². The Morgan fingerprint density at radius 2 is 1.65 bits per heavy atom. The zero-order valence-corrected chi connectivity index (χ0v) is 34.1. The molecule has 15 heteroatoms. The summed E-state index contributed by atoms with van der Waals surface area (Å²) in [6, 6.07) is 17.0. The average Bonchev–Trinajstić information content (AvgIpc) is 4.12. The number of amides is 4. The summed E-state index contributed by atoms with van der Waals surface area (Å²) in [7, 11) is 1.31. The zero-order valence-electron chi connectivity index (χ0n) is 34.1. The lowest BCUT2D eigenvalue weighted by atomic mass is 9.90. The molecule has 15 nitrogen and oxygen atoms in total. The third-order valence-corrected chi connectivity index (χ3v) is 13.3. The lowest BCUT2D eigenvalue weighted by Crippen LogP contribution is -2.54. The van der Waals surface area contributed by atoms with Gasteiger partial charge in [0, 0.05) is 31.2 Å².